The Bertz CT molecular complexity index is 381. The van der Waals surface area contributed by atoms with Crippen molar-refractivity contribution in [1.82, 2.24) is 5.32 Å². The minimum absolute atomic E-state index is 0.380. The van der Waals surface area contributed by atoms with Crippen LogP contribution in [-0.2, 0) is 11.3 Å². The van der Waals surface area contributed by atoms with E-state index in [0.717, 1.165) is 44.8 Å². The standard InChI is InChI=1S/C16H25NO2/c1-3-8-19-16-6-4-5-14(11-16)12-17-15-7-9-18-13(2)10-15/h4-6,11,13,15,17H,3,7-10,12H2,1-2H3. The molecule has 2 rings (SSSR count). The highest BCUT2D eigenvalue weighted by molar-refractivity contribution is 5.28. The van der Waals surface area contributed by atoms with E-state index in [4.69, 9.17) is 9.47 Å². The SMILES string of the molecule is CCCOc1cccc(CNC2CCOC(C)C2)c1. The molecule has 1 fully saturated rings. The van der Waals surface area contributed by atoms with Gasteiger partial charge in [0.05, 0.1) is 12.7 Å². The van der Waals surface area contributed by atoms with Gasteiger partial charge in [-0.3, -0.25) is 0 Å². The largest absolute Gasteiger partial charge is 0.494 e. The maximum atomic E-state index is 5.66. The molecule has 0 saturated carbocycles. The Labute approximate surface area is 116 Å². The monoisotopic (exact) mass is 263 g/mol. The van der Waals surface area contributed by atoms with Crippen LogP contribution in [0.25, 0.3) is 0 Å². The molecular formula is C16H25NO2. The second kappa shape index (κ2) is 7.51. The van der Waals surface area contributed by atoms with Gasteiger partial charge in [-0.25, -0.2) is 0 Å². The lowest BCUT2D eigenvalue weighted by atomic mass is 10.0. The maximum absolute atomic E-state index is 5.66. The van der Waals surface area contributed by atoms with E-state index in [2.05, 4.69) is 37.4 Å². The van der Waals surface area contributed by atoms with Crippen LogP contribution < -0.4 is 10.1 Å². The molecule has 0 aromatic heterocycles. The third-order valence-electron chi connectivity index (χ3n) is 3.45. The van der Waals surface area contributed by atoms with Crippen molar-refractivity contribution in [3.63, 3.8) is 0 Å². The number of ether oxygens (including phenoxy) is 2. The van der Waals surface area contributed by atoms with Crippen LogP contribution in [0.1, 0.15) is 38.7 Å². The molecule has 0 radical (unpaired) electrons. The number of hydrogen-bond acceptors (Lipinski definition) is 3. The number of hydrogen-bond donors (Lipinski definition) is 1. The molecule has 1 aromatic rings. The van der Waals surface area contributed by atoms with Crippen LogP contribution >= 0.6 is 0 Å². The van der Waals surface area contributed by atoms with E-state index in [0.29, 0.717) is 12.1 Å². The summed E-state index contributed by atoms with van der Waals surface area (Å²) in [7, 11) is 0. The molecule has 1 aromatic carbocycles. The third-order valence-corrected chi connectivity index (χ3v) is 3.45. The predicted molar refractivity (Wildman–Crippen MR) is 77.5 cm³/mol. The van der Waals surface area contributed by atoms with Crippen LogP contribution in [-0.4, -0.2) is 25.4 Å². The van der Waals surface area contributed by atoms with Crippen molar-refractivity contribution in [2.45, 2.75) is 51.8 Å². The van der Waals surface area contributed by atoms with Crippen LogP contribution in [0, 0.1) is 0 Å². The van der Waals surface area contributed by atoms with Gasteiger partial charge in [0, 0.05) is 19.2 Å². The average molecular weight is 263 g/mol. The van der Waals surface area contributed by atoms with Crippen LogP contribution in [0.2, 0.25) is 0 Å². The van der Waals surface area contributed by atoms with Crippen molar-refractivity contribution in [2.24, 2.45) is 0 Å². The lowest BCUT2D eigenvalue weighted by Gasteiger charge is -2.28. The fraction of sp³-hybridized carbons (Fsp3) is 0.625. The number of nitrogens with one attached hydrogen (secondary N) is 1. The fourth-order valence-electron chi connectivity index (χ4n) is 2.41. The molecule has 1 aliphatic rings. The van der Waals surface area contributed by atoms with Crippen LogP contribution in [0.15, 0.2) is 24.3 Å². The zero-order valence-corrected chi connectivity index (χ0v) is 12.0. The van der Waals surface area contributed by atoms with Crippen molar-refractivity contribution < 1.29 is 9.47 Å². The van der Waals surface area contributed by atoms with E-state index < -0.39 is 0 Å². The van der Waals surface area contributed by atoms with Crippen molar-refractivity contribution in [1.29, 1.82) is 0 Å². The topological polar surface area (TPSA) is 30.5 Å². The Morgan fingerprint density at radius 1 is 1.42 bits per heavy atom. The Balaban J connectivity index is 1.81. The molecule has 0 amide bonds. The molecular weight excluding hydrogens is 238 g/mol. The molecule has 1 aliphatic heterocycles. The number of benzene rings is 1. The molecule has 19 heavy (non-hydrogen) atoms. The zero-order valence-electron chi connectivity index (χ0n) is 12.0. The second-order valence-corrected chi connectivity index (χ2v) is 5.28. The van der Waals surface area contributed by atoms with Crippen molar-refractivity contribution >= 4 is 0 Å². The average Bonchev–Trinajstić information content (AvgIpc) is 2.43. The molecule has 0 spiro atoms. The Hall–Kier alpha value is -1.06. The minimum Gasteiger partial charge on any atom is -0.494 e. The Morgan fingerprint density at radius 2 is 2.32 bits per heavy atom. The highest BCUT2D eigenvalue weighted by atomic mass is 16.5. The van der Waals surface area contributed by atoms with E-state index in [9.17, 15) is 0 Å². The summed E-state index contributed by atoms with van der Waals surface area (Å²) in [6.07, 6.45) is 3.63. The molecule has 1 N–H and O–H groups in total. The lowest BCUT2D eigenvalue weighted by Crippen LogP contribution is -2.37. The molecule has 0 bridgehead atoms. The van der Waals surface area contributed by atoms with Crippen molar-refractivity contribution in [3.05, 3.63) is 29.8 Å². The van der Waals surface area contributed by atoms with Crippen LogP contribution in [0.5, 0.6) is 5.75 Å². The maximum Gasteiger partial charge on any atom is 0.119 e. The van der Waals surface area contributed by atoms with Gasteiger partial charge in [-0.05, 0) is 43.9 Å². The van der Waals surface area contributed by atoms with Gasteiger partial charge >= 0.3 is 0 Å². The van der Waals surface area contributed by atoms with E-state index >= 15 is 0 Å². The molecule has 1 heterocycles. The Morgan fingerprint density at radius 3 is 3.11 bits per heavy atom. The molecule has 0 aliphatic carbocycles. The molecule has 3 nitrogen and oxygen atoms in total. The first kappa shape index (κ1) is 14.4. The summed E-state index contributed by atoms with van der Waals surface area (Å²) in [6.45, 7) is 6.83. The molecule has 2 unspecified atom stereocenters. The highest BCUT2D eigenvalue weighted by Crippen LogP contribution is 2.16. The van der Waals surface area contributed by atoms with Crippen LogP contribution in [0.3, 0.4) is 0 Å². The van der Waals surface area contributed by atoms with Gasteiger partial charge in [-0.15, -0.1) is 0 Å². The minimum atomic E-state index is 0.380. The summed E-state index contributed by atoms with van der Waals surface area (Å²) in [4.78, 5) is 0. The van der Waals surface area contributed by atoms with E-state index in [1.54, 1.807) is 0 Å². The van der Waals surface area contributed by atoms with Crippen molar-refractivity contribution in [2.75, 3.05) is 13.2 Å². The van der Waals surface area contributed by atoms with E-state index in [-0.39, 0.29) is 0 Å². The molecule has 1 saturated heterocycles. The first-order valence-electron chi connectivity index (χ1n) is 7.34. The first-order chi connectivity index (χ1) is 9.28. The van der Waals surface area contributed by atoms with Gasteiger partial charge in [0.1, 0.15) is 5.75 Å². The van der Waals surface area contributed by atoms with Gasteiger partial charge in [-0.1, -0.05) is 19.1 Å². The second-order valence-electron chi connectivity index (χ2n) is 5.28. The predicted octanol–water partition coefficient (Wildman–Crippen LogP) is 3.13. The quantitative estimate of drug-likeness (QED) is 0.855. The summed E-state index contributed by atoms with van der Waals surface area (Å²) in [5, 5.41) is 3.62. The smallest absolute Gasteiger partial charge is 0.119 e. The summed E-state index contributed by atoms with van der Waals surface area (Å²) >= 11 is 0. The van der Waals surface area contributed by atoms with Gasteiger partial charge in [0.25, 0.3) is 0 Å². The lowest BCUT2D eigenvalue weighted by molar-refractivity contribution is 0.0130. The van der Waals surface area contributed by atoms with Crippen molar-refractivity contribution in [3.8, 4) is 5.75 Å². The summed E-state index contributed by atoms with van der Waals surface area (Å²) in [6, 6.07) is 8.94. The highest BCUT2D eigenvalue weighted by Gasteiger charge is 2.18. The molecule has 2 atom stereocenters. The van der Waals surface area contributed by atoms with E-state index in [1.807, 2.05) is 6.07 Å². The van der Waals surface area contributed by atoms with Gasteiger partial charge in [0.2, 0.25) is 0 Å². The van der Waals surface area contributed by atoms with Gasteiger partial charge in [-0.2, -0.15) is 0 Å². The third kappa shape index (κ3) is 4.84. The number of rotatable bonds is 6. The summed E-state index contributed by atoms with van der Waals surface area (Å²) in [5.74, 6) is 0.974. The fourth-order valence-corrected chi connectivity index (χ4v) is 2.41. The molecule has 106 valence electrons. The zero-order chi connectivity index (χ0) is 13.5. The van der Waals surface area contributed by atoms with Gasteiger partial charge in [0.15, 0.2) is 0 Å². The summed E-state index contributed by atoms with van der Waals surface area (Å²) < 4.78 is 11.2. The Kier molecular flexibility index (Phi) is 5.67. The normalized spacial score (nSPS) is 23.3. The first-order valence-corrected chi connectivity index (χ1v) is 7.34. The van der Waals surface area contributed by atoms with Gasteiger partial charge < -0.3 is 14.8 Å². The summed E-state index contributed by atoms with van der Waals surface area (Å²) in [5.41, 5.74) is 1.28. The molecule has 3 heteroatoms. The van der Waals surface area contributed by atoms with Crippen LogP contribution in [0.4, 0.5) is 0 Å². The van der Waals surface area contributed by atoms with E-state index in [1.165, 1.54) is 5.56 Å².